The Balaban J connectivity index is 2.15. The molecule has 4 heteroatoms. The van der Waals surface area contributed by atoms with E-state index in [4.69, 9.17) is 0 Å². The highest BCUT2D eigenvalue weighted by atomic mass is 19.2. The lowest BCUT2D eigenvalue weighted by Gasteiger charge is -2.28. The summed E-state index contributed by atoms with van der Waals surface area (Å²) in [5.74, 6) is -1.59. The van der Waals surface area contributed by atoms with Gasteiger partial charge in [0.15, 0.2) is 11.6 Å². The predicted octanol–water partition coefficient (Wildman–Crippen LogP) is 3.36. The fourth-order valence-corrected chi connectivity index (χ4v) is 1.95. The molecule has 0 bridgehead atoms. The van der Waals surface area contributed by atoms with Crippen molar-refractivity contribution in [2.75, 3.05) is 17.2 Å². The van der Waals surface area contributed by atoms with Crippen LogP contribution in [0.4, 0.5) is 20.2 Å². The molecule has 1 aromatic rings. The summed E-state index contributed by atoms with van der Waals surface area (Å²) in [5.41, 5.74) is 0.916. The van der Waals surface area contributed by atoms with Crippen LogP contribution >= 0.6 is 0 Å². The van der Waals surface area contributed by atoms with Gasteiger partial charge in [0.1, 0.15) is 0 Å². The molecule has 0 aliphatic carbocycles. The number of benzene rings is 1. The molecule has 1 aliphatic heterocycles. The molecule has 2 nitrogen and oxygen atoms in total. The maximum atomic E-state index is 13.5. The van der Waals surface area contributed by atoms with E-state index in [2.05, 4.69) is 17.6 Å². The molecule has 2 rings (SSSR count). The van der Waals surface area contributed by atoms with Crippen molar-refractivity contribution < 1.29 is 8.78 Å². The van der Waals surface area contributed by atoms with Gasteiger partial charge in [0.25, 0.3) is 0 Å². The second-order valence-electron chi connectivity index (χ2n) is 4.15. The maximum absolute atomic E-state index is 13.5. The summed E-state index contributed by atoms with van der Waals surface area (Å²) in [6.45, 7) is 2.88. The fourth-order valence-electron chi connectivity index (χ4n) is 1.95. The van der Waals surface area contributed by atoms with Crippen molar-refractivity contribution in [3.63, 3.8) is 0 Å². The third kappa shape index (κ3) is 2.10. The zero-order valence-electron chi connectivity index (χ0n) is 9.32. The largest absolute Gasteiger partial charge is 0.381 e. The van der Waals surface area contributed by atoms with Gasteiger partial charge in [0.2, 0.25) is 0 Å². The molecule has 0 aromatic heterocycles. The molecule has 1 aromatic carbocycles. The van der Waals surface area contributed by atoms with Crippen LogP contribution in [-0.4, -0.2) is 12.6 Å². The third-order valence-electron chi connectivity index (χ3n) is 2.89. The highest BCUT2D eigenvalue weighted by Crippen LogP contribution is 2.31. The van der Waals surface area contributed by atoms with Crippen molar-refractivity contribution in [3.8, 4) is 0 Å². The quantitative estimate of drug-likeness (QED) is 0.825. The molecule has 88 valence electrons. The van der Waals surface area contributed by atoms with Crippen LogP contribution < -0.4 is 10.6 Å². The van der Waals surface area contributed by atoms with Gasteiger partial charge in [-0.25, -0.2) is 8.78 Å². The minimum Gasteiger partial charge on any atom is -0.381 e. The molecule has 1 heterocycles. The Morgan fingerprint density at radius 1 is 1.38 bits per heavy atom. The lowest BCUT2D eigenvalue weighted by Crippen LogP contribution is -2.33. The van der Waals surface area contributed by atoms with Gasteiger partial charge in [-0.3, -0.25) is 0 Å². The van der Waals surface area contributed by atoms with E-state index in [0.29, 0.717) is 5.69 Å². The van der Waals surface area contributed by atoms with Crippen LogP contribution in [0.15, 0.2) is 12.1 Å². The molecule has 16 heavy (non-hydrogen) atoms. The molecular weight excluding hydrogens is 210 g/mol. The Bertz CT molecular complexity index is 380. The van der Waals surface area contributed by atoms with Crippen LogP contribution in [0.1, 0.15) is 26.2 Å². The van der Waals surface area contributed by atoms with E-state index in [1.165, 1.54) is 0 Å². The average Bonchev–Trinajstić information content (AvgIpc) is 2.31. The number of halogens is 2. The number of fused-ring (bicyclic) bond motifs is 1. The molecule has 0 spiro atoms. The smallest absolute Gasteiger partial charge is 0.183 e. The Labute approximate surface area is 94.0 Å². The maximum Gasteiger partial charge on any atom is 0.183 e. The van der Waals surface area contributed by atoms with Crippen LogP contribution in [0.3, 0.4) is 0 Å². The molecular formula is C12H16F2N2. The summed E-state index contributed by atoms with van der Waals surface area (Å²) < 4.78 is 26.5. The molecule has 0 amide bonds. The van der Waals surface area contributed by atoms with Gasteiger partial charge in [0, 0.05) is 12.6 Å². The predicted molar refractivity (Wildman–Crippen MR) is 61.8 cm³/mol. The second kappa shape index (κ2) is 4.68. The number of unbranched alkanes of at least 4 members (excludes halogenated alkanes) is 1. The van der Waals surface area contributed by atoms with Crippen molar-refractivity contribution in [1.82, 2.24) is 0 Å². The van der Waals surface area contributed by atoms with Gasteiger partial charge in [-0.1, -0.05) is 19.8 Å². The Hall–Kier alpha value is -1.32. The molecule has 1 atom stereocenters. The first kappa shape index (κ1) is 11.2. The van der Waals surface area contributed by atoms with Crippen LogP contribution in [0.5, 0.6) is 0 Å². The van der Waals surface area contributed by atoms with Gasteiger partial charge in [0.05, 0.1) is 11.4 Å². The molecule has 0 radical (unpaired) electrons. The first-order chi connectivity index (χ1) is 7.72. The van der Waals surface area contributed by atoms with Crippen molar-refractivity contribution in [2.24, 2.45) is 0 Å². The number of anilines is 2. The topological polar surface area (TPSA) is 24.1 Å². The highest BCUT2D eigenvalue weighted by molar-refractivity contribution is 5.72. The monoisotopic (exact) mass is 226 g/mol. The van der Waals surface area contributed by atoms with Crippen LogP contribution in [0.2, 0.25) is 0 Å². The SMILES string of the molecule is CCCCC1CNc2ccc(F)c(F)c2N1. The molecule has 0 fully saturated rings. The van der Waals surface area contributed by atoms with Gasteiger partial charge >= 0.3 is 0 Å². The van der Waals surface area contributed by atoms with Crippen molar-refractivity contribution in [1.29, 1.82) is 0 Å². The number of hydrogen-bond acceptors (Lipinski definition) is 2. The van der Waals surface area contributed by atoms with Crippen molar-refractivity contribution in [3.05, 3.63) is 23.8 Å². The Morgan fingerprint density at radius 2 is 2.19 bits per heavy atom. The van der Waals surface area contributed by atoms with E-state index >= 15 is 0 Å². The summed E-state index contributed by atoms with van der Waals surface area (Å²) >= 11 is 0. The Morgan fingerprint density at radius 3 is 2.94 bits per heavy atom. The lowest BCUT2D eigenvalue weighted by molar-refractivity contribution is 0.506. The second-order valence-corrected chi connectivity index (χ2v) is 4.15. The number of rotatable bonds is 3. The molecule has 2 N–H and O–H groups in total. The number of nitrogens with one attached hydrogen (secondary N) is 2. The lowest BCUT2D eigenvalue weighted by atomic mass is 10.1. The Kier molecular flexibility index (Phi) is 3.27. The standard InChI is InChI=1S/C12H16F2N2/c1-2-3-4-8-7-15-10-6-5-9(13)11(14)12(10)16-8/h5-6,8,15-16H,2-4,7H2,1H3. The van der Waals surface area contributed by atoms with Gasteiger partial charge in [-0.15, -0.1) is 0 Å². The summed E-state index contributed by atoms with van der Waals surface area (Å²) in [6, 6.07) is 2.90. The van der Waals surface area contributed by atoms with Crippen LogP contribution in [0, 0.1) is 11.6 Å². The van der Waals surface area contributed by atoms with Gasteiger partial charge in [-0.2, -0.15) is 0 Å². The molecule has 1 aliphatic rings. The number of hydrogen-bond donors (Lipinski definition) is 2. The van der Waals surface area contributed by atoms with E-state index in [1.807, 2.05) is 0 Å². The minimum atomic E-state index is -0.802. The van der Waals surface area contributed by atoms with E-state index in [-0.39, 0.29) is 11.7 Å². The van der Waals surface area contributed by atoms with E-state index < -0.39 is 11.6 Å². The van der Waals surface area contributed by atoms with E-state index in [0.717, 1.165) is 31.9 Å². The third-order valence-corrected chi connectivity index (χ3v) is 2.89. The highest BCUT2D eigenvalue weighted by Gasteiger charge is 2.21. The van der Waals surface area contributed by atoms with E-state index in [9.17, 15) is 8.78 Å². The minimum absolute atomic E-state index is 0.184. The average molecular weight is 226 g/mol. The summed E-state index contributed by atoms with van der Waals surface area (Å²) in [6.07, 6.45) is 3.17. The van der Waals surface area contributed by atoms with Gasteiger partial charge < -0.3 is 10.6 Å². The summed E-state index contributed by atoms with van der Waals surface area (Å²) in [7, 11) is 0. The molecule has 0 saturated heterocycles. The summed E-state index contributed by atoms with van der Waals surface area (Å²) in [5, 5.41) is 6.18. The van der Waals surface area contributed by atoms with Crippen molar-refractivity contribution in [2.45, 2.75) is 32.2 Å². The van der Waals surface area contributed by atoms with Gasteiger partial charge in [-0.05, 0) is 18.6 Å². The molecule has 1 unspecified atom stereocenters. The normalized spacial score (nSPS) is 18.6. The van der Waals surface area contributed by atoms with Crippen LogP contribution in [0.25, 0.3) is 0 Å². The van der Waals surface area contributed by atoms with E-state index in [1.54, 1.807) is 6.07 Å². The summed E-state index contributed by atoms with van der Waals surface area (Å²) in [4.78, 5) is 0. The molecule has 0 saturated carbocycles. The first-order valence-electron chi connectivity index (χ1n) is 5.70. The zero-order valence-corrected chi connectivity index (χ0v) is 9.32. The fraction of sp³-hybridized carbons (Fsp3) is 0.500. The zero-order chi connectivity index (χ0) is 11.5. The van der Waals surface area contributed by atoms with Crippen molar-refractivity contribution >= 4 is 11.4 Å². The first-order valence-corrected chi connectivity index (χ1v) is 5.70. The van der Waals surface area contributed by atoms with Crippen LogP contribution in [-0.2, 0) is 0 Å².